The van der Waals surface area contributed by atoms with E-state index in [0.717, 1.165) is 27.3 Å². The summed E-state index contributed by atoms with van der Waals surface area (Å²) in [5.74, 6) is 0.926. The van der Waals surface area contributed by atoms with Crippen molar-refractivity contribution in [1.29, 1.82) is 0 Å². The fraction of sp³-hybridized carbons (Fsp3) is 0.200. The Morgan fingerprint density at radius 1 is 1.17 bits per heavy atom. The molecule has 12 heavy (non-hydrogen) atoms. The topological polar surface area (TPSA) is 13.1 Å². The third kappa shape index (κ3) is 1.10. The summed E-state index contributed by atoms with van der Waals surface area (Å²) >= 11 is 5.89. The minimum Gasteiger partial charge on any atom is -0.461 e. The first-order valence-corrected chi connectivity index (χ1v) is 4.21. The monoisotopic (exact) mass is 180 g/mol. The predicted molar refractivity (Wildman–Crippen MR) is 50.7 cm³/mol. The fourth-order valence-electron chi connectivity index (χ4n) is 1.41. The van der Waals surface area contributed by atoms with Gasteiger partial charge in [-0.05, 0) is 37.6 Å². The van der Waals surface area contributed by atoms with Gasteiger partial charge in [0.2, 0.25) is 0 Å². The molecule has 2 aromatic rings. The molecule has 0 N–H and O–H groups in total. The Hall–Kier alpha value is -0.950. The minimum absolute atomic E-state index is 0.765. The second-order valence-corrected chi connectivity index (χ2v) is 3.43. The lowest BCUT2D eigenvalue weighted by Crippen LogP contribution is -1.72. The third-order valence-electron chi connectivity index (χ3n) is 1.89. The number of halogens is 1. The minimum atomic E-state index is 0.765. The van der Waals surface area contributed by atoms with E-state index < -0.39 is 0 Å². The molecule has 2 heteroatoms. The summed E-state index contributed by atoms with van der Waals surface area (Å²) in [5.41, 5.74) is 2.03. The lowest BCUT2D eigenvalue weighted by Gasteiger charge is -1.94. The average molecular weight is 181 g/mol. The first-order valence-electron chi connectivity index (χ1n) is 3.83. The second kappa shape index (κ2) is 2.53. The van der Waals surface area contributed by atoms with Gasteiger partial charge in [0.25, 0.3) is 0 Å². The van der Waals surface area contributed by atoms with Crippen LogP contribution in [0.25, 0.3) is 11.0 Å². The highest BCUT2D eigenvalue weighted by atomic mass is 35.5. The van der Waals surface area contributed by atoms with Crippen LogP contribution in [0.1, 0.15) is 11.3 Å². The van der Waals surface area contributed by atoms with E-state index in [9.17, 15) is 0 Å². The van der Waals surface area contributed by atoms with Gasteiger partial charge in [-0.1, -0.05) is 11.6 Å². The average Bonchev–Trinajstić information content (AvgIpc) is 2.29. The zero-order valence-corrected chi connectivity index (χ0v) is 7.77. The van der Waals surface area contributed by atoms with E-state index in [-0.39, 0.29) is 0 Å². The zero-order chi connectivity index (χ0) is 8.72. The number of fused-ring (bicyclic) bond motifs is 1. The maximum atomic E-state index is 5.89. The van der Waals surface area contributed by atoms with Crippen LogP contribution in [0.3, 0.4) is 0 Å². The Labute approximate surface area is 75.9 Å². The molecule has 0 aliphatic carbocycles. The van der Waals surface area contributed by atoms with Crippen molar-refractivity contribution in [3.63, 3.8) is 0 Å². The predicted octanol–water partition coefficient (Wildman–Crippen LogP) is 3.70. The van der Waals surface area contributed by atoms with Gasteiger partial charge < -0.3 is 4.42 Å². The van der Waals surface area contributed by atoms with Gasteiger partial charge in [0.15, 0.2) is 0 Å². The van der Waals surface area contributed by atoms with Gasteiger partial charge in [-0.3, -0.25) is 0 Å². The molecule has 0 fully saturated rings. The Morgan fingerprint density at radius 2 is 1.92 bits per heavy atom. The highest BCUT2D eigenvalue weighted by molar-refractivity contribution is 6.31. The van der Waals surface area contributed by atoms with Crippen LogP contribution in [0.5, 0.6) is 0 Å². The molecule has 0 aliphatic heterocycles. The molecule has 0 amide bonds. The van der Waals surface area contributed by atoms with E-state index >= 15 is 0 Å². The Kier molecular flexibility index (Phi) is 1.62. The molecule has 0 spiro atoms. The van der Waals surface area contributed by atoms with Crippen LogP contribution >= 0.6 is 11.6 Å². The third-order valence-corrected chi connectivity index (χ3v) is 2.11. The highest BCUT2D eigenvalue weighted by Crippen LogP contribution is 2.26. The molecule has 62 valence electrons. The maximum Gasteiger partial charge on any atom is 0.137 e. The quantitative estimate of drug-likeness (QED) is 0.603. The normalized spacial score (nSPS) is 10.9. The molecular formula is C10H9ClO. The number of benzene rings is 1. The summed E-state index contributed by atoms with van der Waals surface area (Å²) in [6.45, 7) is 3.94. The second-order valence-electron chi connectivity index (χ2n) is 3.00. The molecule has 1 heterocycles. The van der Waals surface area contributed by atoms with Crippen LogP contribution in [0, 0.1) is 13.8 Å². The largest absolute Gasteiger partial charge is 0.461 e. The molecule has 0 unspecified atom stereocenters. The number of rotatable bonds is 0. The van der Waals surface area contributed by atoms with Crippen LogP contribution in [0.2, 0.25) is 5.02 Å². The molecular weight excluding hydrogens is 172 g/mol. The van der Waals surface area contributed by atoms with Crippen LogP contribution < -0.4 is 0 Å². The summed E-state index contributed by atoms with van der Waals surface area (Å²) in [7, 11) is 0. The van der Waals surface area contributed by atoms with Gasteiger partial charge in [0.05, 0.1) is 0 Å². The molecule has 0 atom stereocenters. The fourth-order valence-corrected chi connectivity index (χ4v) is 1.69. The smallest absolute Gasteiger partial charge is 0.137 e. The van der Waals surface area contributed by atoms with Gasteiger partial charge >= 0.3 is 0 Å². The molecule has 1 aromatic carbocycles. The summed E-state index contributed by atoms with van der Waals surface area (Å²) in [4.78, 5) is 0. The molecule has 0 aliphatic rings. The van der Waals surface area contributed by atoms with Crippen LogP contribution in [-0.4, -0.2) is 0 Å². The zero-order valence-electron chi connectivity index (χ0n) is 7.02. The van der Waals surface area contributed by atoms with Crippen molar-refractivity contribution >= 4 is 22.6 Å². The maximum absolute atomic E-state index is 5.89. The van der Waals surface area contributed by atoms with Crippen molar-refractivity contribution in [3.05, 3.63) is 34.5 Å². The lowest BCUT2D eigenvalue weighted by atomic mass is 10.2. The SMILES string of the molecule is Cc1cc2cc(Cl)cc(C)c2o1. The van der Waals surface area contributed by atoms with Gasteiger partial charge in [-0.2, -0.15) is 0 Å². The summed E-state index contributed by atoms with van der Waals surface area (Å²) in [6, 6.07) is 5.82. The van der Waals surface area contributed by atoms with Gasteiger partial charge in [-0.15, -0.1) is 0 Å². The first kappa shape index (κ1) is 7.69. The Bertz CT molecular complexity index is 429. The van der Waals surface area contributed by atoms with Crippen molar-refractivity contribution in [2.45, 2.75) is 13.8 Å². The van der Waals surface area contributed by atoms with Crippen LogP contribution in [0.4, 0.5) is 0 Å². The van der Waals surface area contributed by atoms with Crippen LogP contribution in [-0.2, 0) is 0 Å². The van der Waals surface area contributed by atoms with E-state index in [2.05, 4.69) is 0 Å². The van der Waals surface area contributed by atoms with E-state index in [4.69, 9.17) is 16.0 Å². The summed E-state index contributed by atoms with van der Waals surface area (Å²) in [6.07, 6.45) is 0. The van der Waals surface area contributed by atoms with Crippen LogP contribution in [0.15, 0.2) is 22.6 Å². The molecule has 0 saturated carbocycles. The molecule has 0 saturated heterocycles. The van der Waals surface area contributed by atoms with Gasteiger partial charge in [-0.25, -0.2) is 0 Å². The Morgan fingerprint density at radius 3 is 2.67 bits per heavy atom. The van der Waals surface area contributed by atoms with Gasteiger partial charge in [0.1, 0.15) is 11.3 Å². The van der Waals surface area contributed by atoms with Crippen molar-refractivity contribution in [3.8, 4) is 0 Å². The summed E-state index contributed by atoms with van der Waals surface area (Å²) < 4.78 is 5.50. The molecule has 1 nitrogen and oxygen atoms in total. The lowest BCUT2D eigenvalue weighted by molar-refractivity contribution is 0.576. The number of hydrogen-bond acceptors (Lipinski definition) is 1. The standard InChI is InChI=1S/C10H9ClO/c1-6-3-9(11)5-8-4-7(2)12-10(6)8/h3-5H,1-2H3. The molecule has 0 radical (unpaired) electrons. The van der Waals surface area contributed by atoms with Gasteiger partial charge in [0, 0.05) is 10.4 Å². The molecule has 0 bridgehead atoms. The van der Waals surface area contributed by atoms with E-state index in [1.54, 1.807) is 0 Å². The van der Waals surface area contributed by atoms with Crippen molar-refractivity contribution in [2.24, 2.45) is 0 Å². The number of aryl methyl sites for hydroxylation is 2. The van der Waals surface area contributed by atoms with E-state index in [0.29, 0.717) is 0 Å². The van der Waals surface area contributed by atoms with Crippen molar-refractivity contribution in [1.82, 2.24) is 0 Å². The first-order chi connectivity index (χ1) is 5.66. The number of furan rings is 1. The Balaban J connectivity index is 2.88. The van der Waals surface area contributed by atoms with Crippen molar-refractivity contribution in [2.75, 3.05) is 0 Å². The van der Waals surface area contributed by atoms with E-state index in [1.807, 2.05) is 32.0 Å². The molecule has 2 rings (SSSR count). The van der Waals surface area contributed by atoms with E-state index in [1.165, 1.54) is 0 Å². The highest BCUT2D eigenvalue weighted by Gasteiger charge is 2.03. The van der Waals surface area contributed by atoms with Crippen molar-refractivity contribution < 1.29 is 4.42 Å². The summed E-state index contributed by atoms with van der Waals surface area (Å²) in [5, 5.41) is 1.85. The number of hydrogen-bond donors (Lipinski definition) is 0. The molecule has 1 aromatic heterocycles.